The second kappa shape index (κ2) is 8.79. The van der Waals surface area contributed by atoms with Gasteiger partial charge in [0, 0.05) is 25.8 Å². The first-order valence-electron chi connectivity index (χ1n) is 7.01. The van der Waals surface area contributed by atoms with Gasteiger partial charge >= 0.3 is 0 Å². The standard InChI is InChI=1S/C11H17NO3.C4H8O/c1-7(2)12-6-11(15)8-3-4-9(13)10(14)5-8;1-2-4-5-3-1/h3-5,7,11-15H,6H2,1-2H3;1-4H2/t11-;/m1./s1. The molecule has 0 spiro atoms. The van der Waals surface area contributed by atoms with Crippen molar-refractivity contribution in [2.45, 2.75) is 38.8 Å². The summed E-state index contributed by atoms with van der Waals surface area (Å²) in [5, 5.41) is 31.2. The van der Waals surface area contributed by atoms with Crippen LogP contribution in [-0.2, 0) is 4.74 Å². The third-order valence-electron chi connectivity index (χ3n) is 2.93. The number of aromatic hydroxyl groups is 2. The molecule has 0 saturated carbocycles. The first-order valence-corrected chi connectivity index (χ1v) is 7.01. The van der Waals surface area contributed by atoms with Gasteiger partial charge in [-0.2, -0.15) is 0 Å². The minimum Gasteiger partial charge on any atom is -0.504 e. The van der Waals surface area contributed by atoms with Crippen molar-refractivity contribution in [1.82, 2.24) is 5.32 Å². The van der Waals surface area contributed by atoms with Crippen LogP contribution in [-0.4, -0.2) is 41.1 Å². The Bertz CT molecular complexity index is 384. The van der Waals surface area contributed by atoms with E-state index in [2.05, 4.69) is 5.32 Å². The van der Waals surface area contributed by atoms with Gasteiger partial charge in [0.25, 0.3) is 0 Å². The van der Waals surface area contributed by atoms with Crippen molar-refractivity contribution in [3.8, 4) is 11.5 Å². The molecule has 1 atom stereocenters. The SMILES string of the molecule is C1CCOC1.CC(C)NC[C@@H](O)c1ccc(O)c(O)c1. The van der Waals surface area contributed by atoms with Crippen LogP contribution in [0, 0.1) is 0 Å². The zero-order valence-electron chi connectivity index (χ0n) is 12.2. The van der Waals surface area contributed by atoms with Crippen LogP contribution in [0.3, 0.4) is 0 Å². The highest BCUT2D eigenvalue weighted by molar-refractivity contribution is 5.41. The summed E-state index contributed by atoms with van der Waals surface area (Å²) in [5.41, 5.74) is 0.582. The van der Waals surface area contributed by atoms with Crippen LogP contribution in [0.1, 0.15) is 38.4 Å². The van der Waals surface area contributed by atoms with Gasteiger partial charge in [0.1, 0.15) is 0 Å². The summed E-state index contributed by atoms with van der Waals surface area (Å²) in [4.78, 5) is 0. The maximum absolute atomic E-state index is 9.73. The number of nitrogens with one attached hydrogen (secondary N) is 1. The zero-order chi connectivity index (χ0) is 15.0. The smallest absolute Gasteiger partial charge is 0.157 e. The summed E-state index contributed by atoms with van der Waals surface area (Å²) in [6, 6.07) is 4.61. The highest BCUT2D eigenvalue weighted by Crippen LogP contribution is 2.27. The molecule has 0 amide bonds. The van der Waals surface area contributed by atoms with Crippen LogP contribution < -0.4 is 5.32 Å². The lowest BCUT2D eigenvalue weighted by molar-refractivity contribution is 0.171. The van der Waals surface area contributed by atoms with Crippen molar-refractivity contribution in [2.24, 2.45) is 0 Å². The quantitative estimate of drug-likeness (QED) is 0.635. The number of phenolic OH excluding ortho intramolecular Hbond substituents is 2. The monoisotopic (exact) mass is 283 g/mol. The maximum Gasteiger partial charge on any atom is 0.157 e. The van der Waals surface area contributed by atoms with E-state index in [1.54, 1.807) is 6.07 Å². The molecule has 1 aliphatic rings. The fourth-order valence-corrected chi connectivity index (χ4v) is 1.72. The Morgan fingerprint density at radius 2 is 1.80 bits per heavy atom. The molecule has 1 heterocycles. The first kappa shape index (κ1) is 16.8. The fraction of sp³-hybridized carbons (Fsp3) is 0.600. The molecule has 1 aliphatic heterocycles. The average Bonchev–Trinajstić information content (AvgIpc) is 2.98. The molecule has 0 radical (unpaired) electrons. The minimum absolute atomic E-state index is 0.178. The van der Waals surface area contributed by atoms with Gasteiger partial charge in [0.15, 0.2) is 11.5 Å². The molecule has 20 heavy (non-hydrogen) atoms. The molecule has 2 rings (SSSR count). The van der Waals surface area contributed by atoms with E-state index in [1.807, 2.05) is 13.8 Å². The van der Waals surface area contributed by atoms with E-state index in [1.165, 1.54) is 25.0 Å². The summed E-state index contributed by atoms with van der Waals surface area (Å²) in [5.74, 6) is -0.390. The van der Waals surface area contributed by atoms with Gasteiger partial charge in [-0.25, -0.2) is 0 Å². The molecule has 1 saturated heterocycles. The van der Waals surface area contributed by atoms with Crippen molar-refractivity contribution in [3.05, 3.63) is 23.8 Å². The van der Waals surface area contributed by atoms with Crippen molar-refractivity contribution >= 4 is 0 Å². The Balaban J connectivity index is 0.000000333. The van der Waals surface area contributed by atoms with Crippen LogP contribution in [0.5, 0.6) is 11.5 Å². The van der Waals surface area contributed by atoms with E-state index in [9.17, 15) is 10.2 Å². The largest absolute Gasteiger partial charge is 0.504 e. The van der Waals surface area contributed by atoms with Gasteiger partial charge in [0.2, 0.25) is 0 Å². The lowest BCUT2D eigenvalue weighted by Crippen LogP contribution is -2.27. The zero-order valence-corrected chi connectivity index (χ0v) is 12.2. The average molecular weight is 283 g/mol. The normalized spacial score (nSPS) is 15.8. The summed E-state index contributed by atoms with van der Waals surface area (Å²) >= 11 is 0. The summed E-state index contributed by atoms with van der Waals surface area (Å²) in [6.07, 6.45) is 1.87. The Labute approximate surface area is 120 Å². The summed E-state index contributed by atoms with van der Waals surface area (Å²) in [7, 11) is 0. The van der Waals surface area contributed by atoms with E-state index in [4.69, 9.17) is 9.84 Å². The van der Waals surface area contributed by atoms with Gasteiger partial charge in [-0.05, 0) is 30.5 Å². The maximum atomic E-state index is 9.73. The number of ether oxygens (including phenoxy) is 1. The van der Waals surface area contributed by atoms with E-state index in [-0.39, 0.29) is 11.5 Å². The lowest BCUT2D eigenvalue weighted by Gasteiger charge is -2.14. The van der Waals surface area contributed by atoms with E-state index in [0.717, 1.165) is 13.2 Å². The van der Waals surface area contributed by atoms with Crippen molar-refractivity contribution in [2.75, 3.05) is 19.8 Å². The summed E-state index contributed by atoms with van der Waals surface area (Å²) in [6.45, 7) is 6.39. The van der Waals surface area contributed by atoms with E-state index < -0.39 is 6.10 Å². The van der Waals surface area contributed by atoms with Crippen LogP contribution >= 0.6 is 0 Å². The van der Waals surface area contributed by atoms with Crippen molar-refractivity contribution in [1.29, 1.82) is 0 Å². The number of hydrogen-bond acceptors (Lipinski definition) is 5. The molecule has 0 unspecified atom stereocenters. The Kier molecular flexibility index (Phi) is 7.36. The molecular formula is C15H25NO4. The molecule has 1 aromatic rings. The third-order valence-corrected chi connectivity index (χ3v) is 2.93. The van der Waals surface area contributed by atoms with Gasteiger partial charge in [-0.1, -0.05) is 19.9 Å². The molecule has 5 heteroatoms. The number of hydrogen-bond donors (Lipinski definition) is 4. The fourth-order valence-electron chi connectivity index (χ4n) is 1.72. The summed E-state index contributed by atoms with van der Waals surface area (Å²) < 4.78 is 4.94. The number of rotatable bonds is 4. The third kappa shape index (κ3) is 6.23. The molecule has 0 aromatic heterocycles. The molecule has 0 aliphatic carbocycles. The molecule has 114 valence electrons. The highest BCUT2D eigenvalue weighted by Gasteiger charge is 2.10. The lowest BCUT2D eigenvalue weighted by atomic mass is 10.1. The number of aliphatic hydroxyl groups is 1. The molecule has 1 fully saturated rings. The number of aliphatic hydroxyl groups excluding tert-OH is 1. The second-order valence-electron chi connectivity index (χ2n) is 5.15. The Morgan fingerprint density at radius 1 is 1.15 bits per heavy atom. The van der Waals surface area contributed by atoms with Gasteiger partial charge in [0.05, 0.1) is 6.10 Å². The predicted octanol–water partition coefficient (Wildman–Crippen LogP) is 1.93. The van der Waals surface area contributed by atoms with Crippen molar-refractivity contribution < 1.29 is 20.1 Å². The van der Waals surface area contributed by atoms with E-state index in [0.29, 0.717) is 18.2 Å². The minimum atomic E-state index is -0.682. The Morgan fingerprint density at radius 3 is 2.25 bits per heavy atom. The topological polar surface area (TPSA) is 82.0 Å². The Hall–Kier alpha value is -1.30. The number of phenols is 2. The molecule has 4 N–H and O–H groups in total. The van der Waals surface area contributed by atoms with Crippen LogP contribution in [0.2, 0.25) is 0 Å². The molecule has 5 nitrogen and oxygen atoms in total. The van der Waals surface area contributed by atoms with Crippen LogP contribution in [0.4, 0.5) is 0 Å². The number of benzene rings is 1. The second-order valence-corrected chi connectivity index (χ2v) is 5.15. The van der Waals surface area contributed by atoms with E-state index >= 15 is 0 Å². The molecule has 0 bridgehead atoms. The predicted molar refractivity (Wildman–Crippen MR) is 77.9 cm³/mol. The van der Waals surface area contributed by atoms with Crippen LogP contribution in [0.15, 0.2) is 18.2 Å². The van der Waals surface area contributed by atoms with Crippen molar-refractivity contribution in [3.63, 3.8) is 0 Å². The van der Waals surface area contributed by atoms with Gasteiger partial charge in [-0.15, -0.1) is 0 Å². The highest BCUT2D eigenvalue weighted by atomic mass is 16.5. The van der Waals surface area contributed by atoms with Crippen LogP contribution in [0.25, 0.3) is 0 Å². The molecular weight excluding hydrogens is 258 g/mol. The first-order chi connectivity index (χ1) is 9.50. The molecule has 1 aromatic carbocycles. The van der Waals surface area contributed by atoms with Gasteiger partial charge in [-0.3, -0.25) is 0 Å². The van der Waals surface area contributed by atoms with Gasteiger partial charge < -0.3 is 25.4 Å².